The summed E-state index contributed by atoms with van der Waals surface area (Å²) in [5, 5.41) is 7.72. The molecule has 0 bridgehead atoms. The number of para-hydroxylation sites is 1. The van der Waals surface area contributed by atoms with E-state index in [1.54, 1.807) is 10.7 Å². The summed E-state index contributed by atoms with van der Waals surface area (Å²) in [5.41, 5.74) is 6.14. The molecule has 2 aromatic rings. The number of benzene rings is 1. The molecule has 122 valence electrons. The van der Waals surface area contributed by atoms with Gasteiger partial charge in [0, 0.05) is 18.0 Å². The Bertz CT molecular complexity index is 730. The summed E-state index contributed by atoms with van der Waals surface area (Å²) >= 11 is 6.26. The molecule has 0 atom stereocenters. The van der Waals surface area contributed by atoms with Crippen molar-refractivity contribution in [3.05, 3.63) is 40.9 Å². The van der Waals surface area contributed by atoms with Crippen LogP contribution in [0.2, 0.25) is 5.02 Å². The van der Waals surface area contributed by atoms with Crippen LogP contribution in [0.5, 0.6) is 0 Å². The van der Waals surface area contributed by atoms with Gasteiger partial charge in [-0.2, -0.15) is 0 Å². The van der Waals surface area contributed by atoms with Crippen molar-refractivity contribution in [3.63, 3.8) is 0 Å². The number of nitrogens with one attached hydrogen (secondary N) is 1. The number of carbonyl (C=O) groups is 1. The summed E-state index contributed by atoms with van der Waals surface area (Å²) in [6, 6.07) is 7.41. The average molecular weight is 334 g/mol. The van der Waals surface area contributed by atoms with E-state index in [0.717, 1.165) is 24.4 Å². The maximum Gasteiger partial charge on any atom is 0.291 e. The van der Waals surface area contributed by atoms with Crippen molar-refractivity contribution in [1.82, 2.24) is 20.1 Å². The molecule has 1 saturated carbocycles. The second-order valence-electron chi connectivity index (χ2n) is 6.60. The number of nitrogens with zero attached hydrogens (tertiary/aromatic N) is 3. The minimum Gasteiger partial charge on any atom is -0.347 e. The third-order valence-corrected chi connectivity index (χ3v) is 3.88. The van der Waals surface area contributed by atoms with Crippen LogP contribution in [-0.4, -0.2) is 32.8 Å². The van der Waals surface area contributed by atoms with E-state index in [2.05, 4.69) is 15.4 Å². The fourth-order valence-corrected chi connectivity index (χ4v) is 2.43. The predicted octanol–water partition coefficient (Wildman–Crippen LogP) is 2.27. The molecule has 7 heteroatoms. The lowest BCUT2D eigenvalue weighted by Crippen LogP contribution is -2.45. The maximum absolute atomic E-state index is 12.3. The second kappa shape index (κ2) is 5.94. The van der Waals surface area contributed by atoms with Gasteiger partial charge in [-0.3, -0.25) is 4.79 Å². The molecule has 0 spiro atoms. The first kappa shape index (κ1) is 16.0. The Hall–Kier alpha value is -1.92. The summed E-state index contributed by atoms with van der Waals surface area (Å²) in [6.07, 6.45) is 2.11. The van der Waals surface area contributed by atoms with Crippen LogP contribution >= 0.6 is 11.6 Å². The lowest BCUT2D eigenvalue weighted by molar-refractivity contribution is 0.0935. The highest BCUT2D eigenvalue weighted by Gasteiger charge is 2.32. The molecule has 3 rings (SSSR count). The van der Waals surface area contributed by atoms with Crippen LogP contribution in [0.3, 0.4) is 0 Å². The van der Waals surface area contributed by atoms with Crippen molar-refractivity contribution in [2.24, 2.45) is 5.73 Å². The molecule has 1 aliphatic rings. The topological polar surface area (TPSA) is 85.8 Å². The van der Waals surface area contributed by atoms with Gasteiger partial charge in [-0.05, 0) is 38.8 Å². The van der Waals surface area contributed by atoms with E-state index in [0.29, 0.717) is 17.5 Å². The molecule has 0 unspecified atom stereocenters. The Morgan fingerprint density at radius 2 is 2.13 bits per heavy atom. The van der Waals surface area contributed by atoms with Crippen LogP contribution in [0.25, 0.3) is 5.69 Å². The fraction of sp³-hybridized carbons (Fsp3) is 0.438. The number of halogens is 1. The van der Waals surface area contributed by atoms with Crippen molar-refractivity contribution in [1.29, 1.82) is 0 Å². The number of hydrogen-bond donors (Lipinski definition) is 2. The molecule has 1 heterocycles. The highest BCUT2D eigenvalue weighted by molar-refractivity contribution is 6.32. The van der Waals surface area contributed by atoms with Gasteiger partial charge in [0.15, 0.2) is 0 Å². The SMILES string of the molecule is CC(C)(N)CNC(=O)c1nc(C2CC2)n(-c2ccccc2Cl)n1. The van der Waals surface area contributed by atoms with Crippen LogP contribution in [0.1, 0.15) is 49.1 Å². The Morgan fingerprint density at radius 1 is 1.43 bits per heavy atom. The average Bonchev–Trinajstić information content (AvgIpc) is 3.24. The van der Waals surface area contributed by atoms with Gasteiger partial charge < -0.3 is 11.1 Å². The quantitative estimate of drug-likeness (QED) is 0.878. The smallest absolute Gasteiger partial charge is 0.291 e. The number of nitrogens with two attached hydrogens (primary N) is 1. The van der Waals surface area contributed by atoms with Crippen LogP contribution in [0.4, 0.5) is 0 Å². The van der Waals surface area contributed by atoms with Gasteiger partial charge in [0.1, 0.15) is 5.82 Å². The van der Waals surface area contributed by atoms with Crippen molar-refractivity contribution in [2.45, 2.75) is 38.1 Å². The first-order chi connectivity index (χ1) is 10.8. The van der Waals surface area contributed by atoms with E-state index in [1.165, 1.54) is 0 Å². The highest BCUT2D eigenvalue weighted by Crippen LogP contribution is 2.40. The zero-order chi connectivity index (χ0) is 16.6. The molecule has 1 aromatic carbocycles. The van der Waals surface area contributed by atoms with E-state index in [-0.39, 0.29) is 11.7 Å². The van der Waals surface area contributed by atoms with Gasteiger partial charge in [0.05, 0.1) is 10.7 Å². The molecule has 1 aromatic heterocycles. The number of rotatable bonds is 5. The highest BCUT2D eigenvalue weighted by atomic mass is 35.5. The molecular weight excluding hydrogens is 314 g/mol. The third-order valence-electron chi connectivity index (χ3n) is 3.56. The van der Waals surface area contributed by atoms with E-state index in [9.17, 15) is 4.79 Å². The van der Waals surface area contributed by atoms with Gasteiger partial charge in [0.2, 0.25) is 5.82 Å². The van der Waals surface area contributed by atoms with Gasteiger partial charge in [-0.25, -0.2) is 9.67 Å². The molecule has 3 N–H and O–H groups in total. The minimum absolute atomic E-state index is 0.149. The Balaban J connectivity index is 1.91. The van der Waals surface area contributed by atoms with Crippen molar-refractivity contribution in [2.75, 3.05) is 6.54 Å². The Labute approximate surface area is 140 Å². The van der Waals surface area contributed by atoms with Gasteiger partial charge in [-0.15, -0.1) is 5.10 Å². The largest absolute Gasteiger partial charge is 0.347 e. The summed E-state index contributed by atoms with van der Waals surface area (Å²) in [6.45, 7) is 4.04. The molecule has 0 aliphatic heterocycles. The molecule has 1 amide bonds. The molecule has 0 radical (unpaired) electrons. The molecule has 23 heavy (non-hydrogen) atoms. The molecule has 1 fully saturated rings. The molecule has 0 saturated heterocycles. The summed E-state index contributed by atoms with van der Waals surface area (Å²) < 4.78 is 1.68. The fourth-order valence-electron chi connectivity index (χ4n) is 2.21. The first-order valence-electron chi connectivity index (χ1n) is 7.64. The Morgan fingerprint density at radius 3 is 2.74 bits per heavy atom. The number of aromatic nitrogens is 3. The lowest BCUT2D eigenvalue weighted by atomic mass is 10.1. The number of amides is 1. The summed E-state index contributed by atoms with van der Waals surface area (Å²) in [5.74, 6) is 0.953. The zero-order valence-corrected chi connectivity index (χ0v) is 14.0. The third kappa shape index (κ3) is 3.71. The van der Waals surface area contributed by atoms with Crippen molar-refractivity contribution >= 4 is 17.5 Å². The molecular formula is C16H20ClN5O. The zero-order valence-electron chi connectivity index (χ0n) is 13.2. The van der Waals surface area contributed by atoms with Crippen molar-refractivity contribution < 1.29 is 4.79 Å². The monoisotopic (exact) mass is 333 g/mol. The predicted molar refractivity (Wildman–Crippen MR) is 88.9 cm³/mol. The van der Waals surface area contributed by atoms with Gasteiger partial charge >= 0.3 is 0 Å². The number of hydrogen-bond acceptors (Lipinski definition) is 4. The van der Waals surface area contributed by atoms with Crippen LogP contribution in [0, 0.1) is 0 Å². The van der Waals surface area contributed by atoms with E-state index in [4.69, 9.17) is 17.3 Å². The van der Waals surface area contributed by atoms with E-state index >= 15 is 0 Å². The van der Waals surface area contributed by atoms with Crippen molar-refractivity contribution in [3.8, 4) is 5.69 Å². The van der Waals surface area contributed by atoms with Gasteiger partial charge in [0.25, 0.3) is 5.91 Å². The maximum atomic E-state index is 12.3. The Kier molecular flexibility index (Phi) is 4.12. The molecule has 1 aliphatic carbocycles. The van der Waals surface area contributed by atoms with E-state index in [1.807, 2.05) is 32.0 Å². The first-order valence-corrected chi connectivity index (χ1v) is 8.02. The van der Waals surface area contributed by atoms with Crippen LogP contribution in [-0.2, 0) is 0 Å². The molecule has 6 nitrogen and oxygen atoms in total. The lowest BCUT2D eigenvalue weighted by Gasteiger charge is -2.18. The summed E-state index contributed by atoms with van der Waals surface area (Å²) in [7, 11) is 0. The second-order valence-corrected chi connectivity index (χ2v) is 7.01. The van der Waals surface area contributed by atoms with E-state index < -0.39 is 5.54 Å². The minimum atomic E-state index is -0.486. The van der Waals surface area contributed by atoms with Crippen LogP contribution in [0.15, 0.2) is 24.3 Å². The summed E-state index contributed by atoms with van der Waals surface area (Å²) in [4.78, 5) is 16.7. The normalized spacial score (nSPS) is 14.8. The standard InChI is InChI=1S/C16H20ClN5O/c1-16(2,18)9-19-15(23)13-20-14(10-7-8-10)22(21-13)12-6-4-3-5-11(12)17/h3-6,10H,7-9,18H2,1-2H3,(H,19,23). The number of carbonyl (C=O) groups excluding carboxylic acids is 1. The van der Waals surface area contributed by atoms with Crippen LogP contribution < -0.4 is 11.1 Å². The van der Waals surface area contributed by atoms with Gasteiger partial charge in [-0.1, -0.05) is 23.7 Å².